The van der Waals surface area contributed by atoms with Gasteiger partial charge in [-0.1, -0.05) is 67.0 Å². The van der Waals surface area contributed by atoms with Gasteiger partial charge in [0.25, 0.3) is 0 Å². The number of allylic oxidation sites excluding steroid dienone is 1. The van der Waals surface area contributed by atoms with Crippen LogP contribution in [0.4, 0.5) is 0 Å². The zero-order valence-corrected chi connectivity index (χ0v) is 22.4. The predicted molar refractivity (Wildman–Crippen MR) is 132 cm³/mol. The Kier molecular flexibility index (Phi) is 4.92. The van der Waals surface area contributed by atoms with E-state index in [4.69, 9.17) is 0 Å². The van der Waals surface area contributed by atoms with E-state index >= 15 is 0 Å². The summed E-state index contributed by atoms with van der Waals surface area (Å²) >= 11 is 0. The molecule has 0 aliphatic heterocycles. The van der Waals surface area contributed by atoms with Crippen LogP contribution in [0, 0.1) is 50.2 Å². The highest BCUT2D eigenvalue weighted by atomic mass is 16.3. The Balaban J connectivity index is 1.64. The molecule has 3 nitrogen and oxygen atoms in total. The number of rotatable bonds is 0. The van der Waals surface area contributed by atoms with E-state index in [0.29, 0.717) is 11.8 Å². The van der Waals surface area contributed by atoms with Crippen molar-refractivity contribution in [3.8, 4) is 0 Å². The molecule has 0 spiro atoms. The topological polar surface area (TPSA) is 57.5 Å². The molecule has 0 saturated heterocycles. The van der Waals surface area contributed by atoms with Crippen LogP contribution in [-0.2, 0) is 4.79 Å². The number of carbonyl (C=O) groups excluding carboxylic acids is 1. The number of aliphatic hydroxyl groups excluding tert-OH is 2. The smallest absolute Gasteiger partial charge is 0.168 e. The third kappa shape index (κ3) is 2.73. The average molecular weight is 457 g/mol. The molecule has 0 heterocycles. The van der Waals surface area contributed by atoms with Crippen LogP contribution in [0.5, 0.6) is 0 Å². The van der Waals surface area contributed by atoms with Gasteiger partial charge in [0, 0.05) is 10.8 Å². The van der Waals surface area contributed by atoms with Crippen LogP contribution < -0.4 is 0 Å². The van der Waals surface area contributed by atoms with Gasteiger partial charge in [-0.3, -0.25) is 4.79 Å². The SMILES string of the molecule is CC1(C)CCC2(C)C(=O)C(O)C3(C)C(=CCC4C5(C)CCC(O)C(C)(C)C5CCC43C)C2C1. The van der Waals surface area contributed by atoms with Gasteiger partial charge in [-0.05, 0) is 90.8 Å². The molecule has 186 valence electrons. The zero-order valence-electron chi connectivity index (χ0n) is 22.4. The van der Waals surface area contributed by atoms with Gasteiger partial charge in [-0.15, -0.1) is 0 Å². The summed E-state index contributed by atoms with van der Waals surface area (Å²) in [4.78, 5) is 14.0. The number of hydrogen-bond donors (Lipinski definition) is 2. The van der Waals surface area contributed by atoms with Crippen molar-refractivity contribution in [3.05, 3.63) is 11.6 Å². The zero-order chi connectivity index (χ0) is 24.4. The molecule has 9 atom stereocenters. The van der Waals surface area contributed by atoms with Crippen LogP contribution in [0.1, 0.15) is 107 Å². The molecule has 4 fully saturated rings. The first-order valence-corrected chi connectivity index (χ1v) is 13.7. The number of hydrogen-bond acceptors (Lipinski definition) is 3. The molecule has 9 unspecified atom stereocenters. The molecule has 4 saturated carbocycles. The molecule has 5 aliphatic carbocycles. The maximum atomic E-state index is 14.0. The lowest BCUT2D eigenvalue weighted by Crippen LogP contribution is -2.69. The fourth-order valence-electron chi connectivity index (χ4n) is 10.4. The highest BCUT2D eigenvalue weighted by Gasteiger charge is 2.72. The van der Waals surface area contributed by atoms with E-state index in [2.05, 4.69) is 61.5 Å². The first kappa shape index (κ1) is 24.0. The van der Waals surface area contributed by atoms with E-state index < -0.39 is 16.9 Å². The summed E-state index contributed by atoms with van der Waals surface area (Å²) in [6.07, 6.45) is 9.38. The second-order valence-electron chi connectivity index (χ2n) is 15.1. The van der Waals surface area contributed by atoms with Gasteiger partial charge in [0.15, 0.2) is 5.78 Å². The van der Waals surface area contributed by atoms with Crippen molar-refractivity contribution in [3.63, 3.8) is 0 Å². The van der Waals surface area contributed by atoms with Crippen molar-refractivity contribution in [2.75, 3.05) is 0 Å². The van der Waals surface area contributed by atoms with Gasteiger partial charge in [0.1, 0.15) is 6.10 Å². The fraction of sp³-hybridized carbons (Fsp3) is 0.900. The number of ketones is 1. The molecular weight excluding hydrogens is 408 g/mol. The summed E-state index contributed by atoms with van der Waals surface area (Å²) in [5.74, 6) is 1.25. The van der Waals surface area contributed by atoms with E-state index in [-0.39, 0.29) is 39.5 Å². The normalized spacial score (nSPS) is 54.9. The molecular formula is C30H48O3. The predicted octanol–water partition coefficient (Wildman–Crippen LogP) is 6.32. The molecule has 3 heteroatoms. The number of fused-ring (bicyclic) bond motifs is 7. The van der Waals surface area contributed by atoms with Crippen molar-refractivity contribution in [1.29, 1.82) is 0 Å². The lowest BCUT2D eigenvalue weighted by molar-refractivity contribution is -0.219. The summed E-state index contributed by atoms with van der Waals surface area (Å²) in [6.45, 7) is 18.5. The highest BCUT2D eigenvalue weighted by Crippen LogP contribution is 2.75. The van der Waals surface area contributed by atoms with Crippen LogP contribution in [0.3, 0.4) is 0 Å². The Bertz CT molecular complexity index is 900. The van der Waals surface area contributed by atoms with Gasteiger partial charge in [0.05, 0.1) is 6.10 Å². The van der Waals surface area contributed by atoms with Gasteiger partial charge in [-0.25, -0.2) is 0 Å². The van der Waals surface area contributed by atoms with Crippen LogP contribution in [0.25, 0.3) is 0 Å². The van der Waals surface area contributed by atoms with Crippen LogP contribution in [-0.4, -0.2) is 28.2 Å². The minimum Gasteiger partial charge on any atom is -0.393 e. The molecule has 5 aliphatic rings. The Morgan fingerprint density at radius 3 is 2.18 bits per heavy atom. The minimum atomic E-state index is -0.915. The lowest BCUT2D eigenvalue weighted by Gasteiger charge is -2.71. The van der Waals surface area contributed by atoms with Gasteiger partial charge < -0.3 is 10.2 Å². The van der Waals surface area contributed by atoms with Crippen LogP contribution in [0.15, 0.2) is 11.6 Å². The Morgan fingerprint density at radius 1 is 0.848 bits per heavy atom. The number of carbonyl (C=O) groups is 1. The molecule has 2 N–H and O–H groups in total. The maximum Gasteiger partial charge on any atom is 0.168 e. The molecule has 0 amide bonds. The standard InChI is InChI=1S/C30H48O3/c1-25(2)15-16-27(5)19(17-25)18-9-10-21-28(6)13-12-22(31)26(3,4)20(28)11-14-29(21,7)30(18,8)24(33)23(27)32/h9,19-22,24,31,33H,10-17H2,1-8H3. The summed E-state index contributed by atoms with van der Waals surface area (Å²) < 4.78 is 0. The van der Waals surface area contributed by atoms with E-state index in [1.807, 2.05) is 0 Å². The summed E-state index contributed by atoms with van der Waals surface area (Å²) in [6, 6.07) is 0. The van der Waals surface area contributed by atoms with Crippen molar-refractivity contribution in [1.82, 2.24) is 0 Å². The van der Waals surface area contributed by atoms with Gasteiger partial charge in [-0.2, -0.15) is 0 Å². The summed E-state index contributed by atoms with van der Waals surface area (Å²) in [5, 5.41) is 22.7. The second-order valence-corrected chi connectivity index (χ2v) is 15.1. The fourth-order valence-corrected chi connectivity index (χ4v) is 10.4. The molecule has 0 aromatic carbocycles. The highest BCUT2D eigenvalue weighted by molar-refractivity contribution is 5.92. The Labute approximate surface area is 201 Å². The molecule has 5 rings (SSSR count). The molecule has 0 aromatic heterocycles. The van der Waals surface area contributed by atoms with Crippen LogP contribution in [0.2, 0.25) is 0 Å². The lowest BCUT2D eigenvalue weighted by atomic mass is 9.33. The van der Waals surface area contributed by atoms with E-state index in [1.165, 1.54) is 5.57 Å². The summed E-state index contributed by atoms with van der Waals surface area (Å²) in [5.41, 5.74) is 0.626. The molecule has 0 bridgehead atoms. The summed E-state index contributed by atoms with van der Waals surface area (Å²) in [7, 11) is 0. The molecule has 0 radical (unpaired) electrons. The minimum absolute atomic E-state index is 0.0911. The third-order valence-corrected chi connectivity index (χ3v) is 13.0. The average Bonchev–Trinajstić information content (AvgIpc) is 2.72. The van der Waals surface area contributed by atoms with E-state index in [9.17, 15) is 15.0 Å². The Morgan fingerprint density at radius 2 is 1.52 bits per heavy atom. The van der Waals surface area contributed by atoms with Crippen molar-refractivity contribution >= 4 is 5.78 Å². The third-order valence-electron chi connectivity index (χ3n) is 13.0. The van der Waals surface area contributed by atoms with E-state index in [1.54, 1.807) is 0 Å². The quantitative estimate of drug-likeness (QED) is 0.419. The second kappa shape index (κ2) is 6.75. The number of Topliss-reactive ketones (excluding diaryl/α,β-unsaturated/α-hetero) is 1. The monoisotopic (exact) mass is 456 g/mol. The van der Waals surface area contributed by atoms with Crippen molar-refractivity contribution in [2.24, 2.45) is 50.2 Å². The van der Waals surface area contributed by atoms with Crippen LogP contribution >= 0.6 is 0 Å². The van der Waals surface area contributed by atoms with Crippen molar-refractivity contribution < 1.29 is 15.0 Å². The Hall–Kier alpha value is -0.670. The van der Waals surface area contributed by atoms with Gasteiger partial charge >= 0.3 is 0 Å². The maximum absolute atomic E-state index is 14.0. The first-order valence-electron chi connectivity index (χ1n) is 13.7. The molecule has 33 heavy (non-hydrogen) atoms. The molecule has 0 aromatic rings. The number of aliphatic hydroxyl groups is 2. The largest absolute Gasteiger partial charge is 0.393 e. The van der Waals surface area contributed by atoms with Gasteiger partial charge in [0.2, 0.25) is 0 Å². The van der Waals surface area contributed by atoms with E-state index in [0.717, 1.165) is 51.4 Å². The van der Waals surface area contributed by atoms with Crippen molar-refractivity contribution in [2.45, 2.75) is 119 Å². The first-order chi connectivity index (χ1) is 15.1.